The molecule has 0 aliphatic carbocycles. The predicted octanol–water partition coefficient (Wildman–Crippen LogP) is 4.39. The quantitative estimate of drug-likeness (QED) is 0.750. The van der Waals surface area contributed by atoms with Crippen LogP contribution < -0.4 is 0 Å². The summed E-state index contributed by atoms with van der Waals surface area (Å²) in [6, 6.07) is 7.02. The lowest BCUT2D eigenvalue weighted by atomic mass is 10.2. The molecule has 1 aromatic carbocycles. The Balaban J connectivity index is 2.40. The Morgan fingerprint density at radius 1 is 1.13 bits per heavy atom. The maximum Gasteiger partial charge on any atom is 0.167 e. The molecule has 2 rings (SSSR count). The van der Waals surface area contributed by atoms with Crippen molar-refractivity contribution in [3.8, 4) is 11.3 Å². The number of halogens is 3. The van der Waals surface area contributed by atoms with Crippen molar-refractivity contribution < 1.29 is 4.52 Å². The van der Waals surface area contributed by atoms with Crippen molar-refractivity contribution in [2.24, 2.45) is 0 Å². The summed E-state index contributed by atoms with van der Waals surface area (Å²) >= 11 is 17.3. The van der Waals surface area contributed by atoms with Gasteiger partial charge < -0.3 is 4.52 Å². The van der Waals surface area contributed by atoms with E-state index in [9.17, 15) is 0 Å². The van der Waals surface area contributed by atoms with Gasteiger partial charge in [-0.3, -0.25) is 0 Å². The molecule has 2 nitrogen and oxygen atoms in total. The fraction of sp³-hybridized carbons (Fsp3) is 0.100. The minimum Gasteiger partial charge on any atom is -0.356 e. The molecular weight excluding hydrogens is 256 g/mol. The molecule has 0 bridgehead atoms. The van der Waals surface area contributed by atoms with E-state index in [4.69, 9.17) is 39.3 Å². The molecule has 1 heterocycles. The van der Waals surface area contributed by atoms with Crippen molar-refractivity contribution in [2.45, 2.75) is 5.88 Å². The molecule has 0 radical (unpaired) electrons. The number of aromatic nitrogens is 1. The molecule has 78 valence electrons. The van der Waals surface area contributed by atoms with Crippen molar-refractivity contribution in [2.75, 3.05) is 0 Å². The first-order chi connectivity index (χ1) is 7.20. The molecule has 15 heavy (non-hydrogen) atoms. The van der Waals surface area contributed by atoms with Crippen LogP contribution in [0, 0.1) is 0 Å². The third-order valence-corrected chi connectivity index (χ3v) is 2.91. The molecule has 5 heteroatoms. The Kier molecular flexibility index (Phi) is 3.19. The third-order valence-electron chi connectivity index (χ3n) is 1.90. The van der Waals surface area contributed by atoms with Crippen LogP contribution in [0.25, 0.3) is 11.3 Å². The second-order valence-corrected chi connectivity index (χ2v) is 4.03. The van der Waals surface area contributed by atoms with Crippen LogP contribution in [0.2, 0.25) is 10.0 Å². The van der Waals surface area contributed by atoms with Gasteiger partial charge in [-0.2, -0.15) is 0 Å². The summed E-state index contributed by atoms with van der Waals surface area (Å²) in [7, 11) is 0. The summed E-state index contributed by atoms with van der Waals surface area (Å²) < 4.78 is 5.10. The van der Waals surface area contributed by atoms with Crippen molar-refractivity contribution in [1.29, 1.82) is 0 Å². The van der Waals surface area contributed by atoms with Gasteiger partial charge >= 0.3 is 0 Å². The van der Waals surface area contributed by atoms with Gasteiger partial charge in [0.05, 0.1) is 21.6 Å². The largest absolute Gasteiger partial charge is 0.356 e. The molecule has 0 spiro atoms. The minimum absolute atomic E-state index is 0.324. The third kappa shape index (κ3) is 2.28. The standard InChI is InChI=1S/C10H6Cl3NO/c11-5-7-4-10(15-14-7)6-1-2-8(12)9(13)3-6/h1-4H,5H2. The lowest BCUT2D eigenvalue weighted by Crippen LogP contribution is -1.75. The molecule has 2 aromatic rings. The van der Waals surface area contributed by atoms with Crippen LogP contribution in [-0.4, -0.2) is 5.16 Å². The first-order valence-corrected chi connectivity index (χ1v) is 5.46. The zero-order valence-electron chi connectivity index (χ0n) is 7.51. The summed E-state index contributed by atoms with van der Waals surface area (Å²) in [6.07, 6.45) is 0. The van der Waals surface area contributed by atoms with Crippen LogP contribution in [0.15, 0.2) is 28.8 Å². The van der Waals surface area contributed by atoms with Gasteiger partial charge in [0.2, 0.25) is 0 Å². The van der Waals surface area contributed by atoms with Crippen LogP contribution >= 0.6 is 34.8 Å². The molecule has 0 aliphatic rings. The van der Waals surface area contributed by atoms with Crippen LogP contribution in [0.1, 0.15) is 5.69 Å². The molecule has 0 unspecified atom stereocenters. The van der Waals surface area contributed by atoms with E-state index in [0.29, 0.717) is 27.4 Å². The summed E-state index contributed by atoms with van der Waals surface area (Å²) in [5.74, 6) is 0.953. The van der Waals surface area contributed by atoms with Gasteiger partial charge in [-0.25, -0.2) is 0 Å². The SMILES string of the molecule is ClCc1cc(-c2ccc(Cl)c(Cl)c2)on1. The summed E-state index contributed by atoms with van der Waals surface area (Å²) in [5, 5.41) is 4.78. The maximum absolute atomic E-state index is 5.88. The highest BCUT2D eigenvalue weighted by atomic mass is 35.5. The number of nitrogens with zero attached hydrogens (tertiary/aromatic N) is 1. The van der Waals surface area contributed by atoms with Crippen molar-refractivity contribution >= 4 is 34.8 Å². The Bertz CT molecular complexity index is 481. The van der Waals surface area contributed by atoms with E-state index in [0.717, 1.165) is 5.56 Å². The molecule has 0 aliphatic heterocycles. The monoisotopic (exact) mass is 261 g/mol. The van der Waals surface area contributed by atoms with E-state index >= 15 is 0 Å². The van der Waals surface area contributed by atoms with Gasteiger partial charge in [0, 0.05) is 11.6 Å². The zero-order chi connectivity index (χ0) is 10.8. The van der Waals surface area contributed by atoms with Crippen LogP contribution in [0.3, 0.4) is 0 Å². The molecule has 0 fully saturated rings. The zero-order valence-corrected chi connectivity index (χ0v) is 9.77. The topological polar surface area (TPSA) is 26.0 Å². The second-order valence-electron chi connectivity index (χ2n) is 2.95. The van der Waals surface area contributed by atoms with E-state index in [1.807, 2.05) is 6.07 Å². The Labute approximate surface area is 102 Å². The average Bonchev–Trinajstić information content (AvgIpc) is 2.70. The van der Waals surface area contributed by atoms with Gasteiger partial charge in [0.15, 0.2) is 5.76 Å². The van der Waals surface area contributed by atoms with E-state index < -0.39 is 0 Å². The van der Waals surface area contributed by atoms with Crippen LogP contribution in [0.4, 0.5) is 0 Å². The van der Waals surface area contributed by atoms with Gasteiger partial charge in [-0.15, -0.1) is 11.6 Å². The predicted molar refractivity (Wildman–Crippen MR) is 61.5 cm³/mol. The molecule has 0 atom stereocenters. The van der Waals surface area contributed by atoms with Crippen molar-refractivity contribution in [3.05, 3.63) is 40.0 Å². The summed E-state index contributed by atoms with van der Waals surface area (Å²) in [5.41, 5.74) is 1.52. The molecule has 0 amide bonds. The highest BCUT2D eigenvalue weighted by Gasteiger charge is 2.07. The van der Waals surface area contributed by atoms with Gasteiger partial charge in [0.25, 0.3) is 0 Å². The fourth-order valence-electron chi connectivity index (χ4n) is 1.16. The second kappa shape index (κ2) is 4.44. The van der Waals surface area contributed by atoms with E-state index in [1.54, 1.807) is 18.2 Å². The van der Waals surface area contributed by atoms with Crippen molar-refractivity contribution in [1.82, 2.24) is 5.16 Å². The first-order valence-electron chi connectivity index (χ1n) is 4.17. The minimum atomic E-state index is 0.324. The number of alkyl halides is 1. The Hall–Kier alpha value is -0.700. The van der Waals surface area contributed by atoms with E-state index in [1.165, 1.54) is 0 Å². The number of rotatable bonds is 2. The van der Waals surface area contributed by atoms with Crippen molar-refractivity contribution in [3.63, 3.8) is 0 Å². The van der Waals surface area contributed by atoms with Gasteiger partial charge in [-0.1, -0.05) is 28.4 Å². The maximum atomic E-state index is 5.88. The highest BCUT2D eigenvalue weighted by molar-refractivity contribution is 6.42. The van der Waals surface area contributed by atoms with Crippen LogP contribution in [0.5, 0.6) is 0 Å². The fourth-order valence-corrected chi connectivity index (χ4v) is 1.58. The average molecular weight is 263 g/mol. The molecule has 0 saturated carbocycles. The lowest BCUT2D eigenvalue weighted by molar-refractivity contribution is 0.426. The Morgan fingerprint density at radius 2 is 1.93 bits per heavy atom. The lowest BCUT2D eigenvalue weighted by Gasteiger charge is -1.97. The molecule has 1 aromatic heterocycles. The van der Waals surface area contributed by atoms with Gasteiger partial charge in [-0.05, 0) is 18.2 Å². The van der Waals surface area contributed by atoms with Crippen LogP contribution in [-0.2, 0) is 5.88 Å². The number of hydrogen-bond acceptors (Lipinski definition) is 2. The number of benzene rings is 1. The van der Waals surface area contributed by atoms with E-state index in [-0.39, 0.29) is 0 Å². The normalized spacial score (nSPS) is 10.6. The molecular formula is C10H6Cl3NO. The summed E-state index contributed by atoms with van der Waals surface area (Å²) in [6.45, 7) is 0. The van der Waals surface area contributed by atoms with Gasteiger partial charge in [0.1, 0.15) is 0 Å². The highest BCUT2D eigenvalue weighted by Crippen LogP contribution is 2.28. The molecule has 0 saturated heterocycles. The first kappa shape index (κ1) is 10.8. The smallest absolute Gasteiger partial charge is 0.167 e. The number of hydrogen-bond donors (Lipinski definition) is 0. The van der Waals surface area contributed by atoms with E-state index in [2.05, 4.69) is 5.16 Å². The summed E-state index contributed by atoms with van der Waals surface area (Å²) in [4.78, 5) is 0. The Morgan fingerprint density at radius 3 is 2.53 bits per heavy atom. The molecule has 0 N–H and O–H groups in total.